The molecule has 0 aliphatic carbocycles. The van der Waals surface area contributed by atoms with Crippen molar-refractivity contribution in [1.29, 1.82) is 0 Å². The Bertz CT molecular complexity index is 220. The highest BCUT2D eigenvalue weighted by Gasteiger charge is 1.98. The standard InChI is InChI=1S/C8H9FNO/c1-6(2)11-8-4-3-7(9)5-10-8/h4-6H,1-2H3. The van der Waals surface area contributed by atoms with Crippen LogP contribution < -0.4 is 4.74 Å². The molecule has 3 heteroatoms. The summed E-state index contributed by atoms with van der Waals surface area (Å²) in [4.78, 5) is 3.69. The highest BCUT2D eigenvalue weighted by molar-refractivity contribution is 5.09. The maximum absolute atomic E-state index is 12.3. The second-order valence-corrected chi connectivity index (χ2v) is 2.40. The molecule has 1 heterocycles. The Labute approximate surface area is 65.0 Å². The normalized spacial score (nSPS) is 10.2. The molecular weight excluding hydrogens is 145 g/mol. The lowest BCUT2D eigenvalue weighted by atomic mass is 10.4. The van der Waals surface area contributed by atoms with E-state index in [9.17, 15) is 4.39 Å². The number of nitrogens with zero attached hydrogens (tertiary/aromatic N) is 1. The Hall–Kier alpha value is -1.12. The predicted molar refractivity (Wildman–Crippen MR) is 38.8 cm³/mol. The van der Waals surface area contributed by atoms with Crippen LogP contribution >= 0.6 is 0 Å². The lowest BCUT2D eigenvalue weighted by Gasteiger charge is -2.06. The van der Waals surface area contributed by atoms with E-state index in [-0.39, 0.29) is 6.10 Å². The van der Waals surface area contributed by atoms with E-state index in [0.29, 0.717) is 5.88 Å². The number of rotatable bonds is 2. The molecule has 0 spiro atoms. The van der Waals surface area contributed by atoms with Crippen LogP contribution in [0.5, 0.6) is 5.88 Å². The van der Waals surface area contributed by atoms with Crippen LogP contribution in [0.15, 0.2) is 12.3 Å². The summed E-state index contributed by atoms with van der Waals surface area (Å²) in [6.07, 6.45) is 1.14. The number of halogens is 1. The van der Waals surface area contributed by atoms with E-state index < -0.39 is 5.82 Å². The summed E-state index contributed by atoms with van der Waals surface area (Å²) in [6.45, 7) is 3.76. The van der Waals surface area contributed by atoms with Crippen LogP contribution in [0.3, 0.4) is 0 Å². The zero-order chi connectivity index (χ0) is 8.27. The molecule has 0 amide bonds. The van der Waals surface area contributed by atoms with Gasteiger partial charge in [0.1, 0.15) is 5.82 Å². The third kappa shape index (κ3) is 2.53. The number of hydrogen-bond donors (Lipinski definition) is 0. The Balaban J connectivity index is 2.66. The molecule has 59 valence electrons. The van der Waals surface area contributed by atoms with Crippen molar-refractivity contribution in [1.82, 2.24) is 4.98 Å². The van der Waals surface area contributed by atoms with Crippen molar-refractivity contribution in [2.45, 2.75) is 20.0 Å². The molecule has 0 unspecified atom stereocenters. The second-order valence-electron chi connectivity index (χ2n) is 2.40. The predicted octanol–water partition coefficient (Wildman–Crippen LogP) is 1.81. The van der Waals surface area contributed by atoms with Gasteiger partial charge in [-0.2, -0.15) is 0 Å². The average molecular weight is 154 g/mol. The molecule has 0 saturated carbocycles. The van der Waals surface area contributed by atoms with Gasteiger partial charge in [0.15, 0.2) is 0 Å². The first-order chi connectivity index (χ1) is 5.18. The van der Waals surface area contributed by atoms with Crippen molar-refractivity contribution in [2.75, 3.05) is 0 Å². The minimum Gasteiger partial charge on any atom is -0.475 e. The lowest BCUT2D eigenvalue weighted by molar-refractivity contribution is 0.232. The van der Waals surface area contributed by atoms with Gasteiger partial charge in [-0.3, -0.25) is 0 Å². The monoisotopic (exact) mass is 154 g/mol. The van der Waals surface area contributed by atoms with Crippen molar-refractivity contribution in [3.8, 4) is 5.88 Å². The highest BCUT2D eigenvalue weighted by Crippen LogP contribution is 2.07. The van der Waals surface area contributed by atoms with Gasteiger partial charge in [-0.1, -0.05) is 0 Å². The number of aromatic nitrogens is 1. The van der Waals surface area contributed by atoms with E-state index in [4.69, 9.17) is 4.74 Å². The molecule has 0 aliphatic heterocycles. The molecule has 1 aromatic rings. The summed E-state index contributed by atoms with van der Waals surface area (Å²) in [6, 6.07) is 3.74. The number of ether oxygens (including phenoxy) is 1. The molecule has 0 saturated heterocycles. The molecule has 2 nitrogen and oxygen atoms in total. The topological polar surface area (TPSA) is 22.1 Å². The van der Waals surface area contributed by atoms with Crippen LogP contribution in [-0.4, -0.2) is 11.1 Å². The molecule has 1 rings (SSSR count). The summed E-state index contributed by atoms with van der Waals surface area (Å²) in [5, 5.41) is 0. The summed E-state index contributed by atoms with van der Waals surface area (Å²) >= 11 is 0. The van der Waals surface area contributed by atoms with Crippen LogP contribution in [-0.2, 0) is 0 Å². The van der Waals surface area contributed by atoms with Gasteiger partial charge in [0.2, 0.25) is 5.88 Å². The van der Waals surface area contributed by atoms with E-state index in [0.717, 1.165) is 6.20 Å². The van der Waals surface area contributed by atoms with Crippen LogP contribution in [0.4, 0.5) is 4.39 Å². The average Bonchev–Trinajstić information content (AvgIpc) is 1.93. The number of hydrogen-bond acceptors (Lipinski definition) is 2. The van der Waals surface area contributed by atoms with Gasteiger partial charge in [-0.05, 0) is 13.8 Å². The third-order valence-electron chi connectivity index (χ3n) is 0.995. The second kappa shape index (κ2) is 3.32. The lowest BCUT2D eigenvalue weighted by Crippen LogP contribution is -2.06. The SMILES string of the molecule is CC(C)Oc1c[c]c(F)cn1. The van der Waals surface area contributed by atoms with E-state index in [2.05, 4.69) is 11.1 Å². The van der Waals surface area contributed by atoms with Gasteiger partial charge in [0, 0.05) is 12.1 Å². The van der Waals surface area contributed by atoms with Gasteiger partial charge in [0.25, 0.3) is 0 Å². The Morgan fingerprint density at radius 1 is 1.64 bits per heavy atom. The molecule has 0 bridgehead atoms. The molecular formula is C8H9FNO. The summed E-state index contributed by atoms with van der Waals surface area (Å²) in [5.74, 6) is -0.0671. The van der Waals surface area contributed by atoms with Gasteiger partial charge in [-0.25, -0.2) is 9.37 Å². The molecule has 0 N–H and O–H groups in total. The quantitative estimate of drug-likeness (QED) is 0.648. The fourth-order valence-corrected chi connectivity index (χ4v) is 0.631. The Morgan fingerprint density at radius 2 is 2.36 bits per heavy atom. The van der Waals surface area contributed by atoms with E-state index in [1.165, 1.54) is 6.07 Å². The zero-order valence-electron chi connectivity index (χ0n) is 6.47. The molecule has 11 heavy (non-hydrogen) atoms. The molecule has 1 aromatic heterocycles. The molecule has 0 atom stereocenters. The maximum atomic E-state index is 12.3. The van der Waals surface area contributed by atoms with Crippen LogP contribution in [0.2, 0.25) is 0 Å². The van der Waals surface area contributed by atoms with Crippen molar-refractivity contribution in [2.24, 2.45) is 0 Å². The third-order valence-corrected chi connectivity index (χ3v) is 0.995. The fourth-order valence-electron chi connectivity index (χ4n) is 0.631. The van der Waals surface area contributed by atoms with E-state index in [1.807, 2.05) is 13.8 Å². The van der Waals surface area contributed by atoms with E-state index >= 15 is 0 Å². The van der Waals surface area contributed by atoms with E-state index in [1.54, 1.807) is 0 Å². The molecule has 1 radical (unpaired) electrons. The van der Waals surface area contributed by atoms with Crippen molar-refractivity contribution < 1.29 is 9.13 Å². The van der Waals surface area contributed by atoms with Crippen molar-refractivity contribution >= 4 is 0 Å². The molecule has 0 fully saturated rings. The Kier molecular flexibility index (Phi) is 2.41. The number of pyridine rings is 1. The van der Waals surface area contributed by atoms with Crippen molar-refractivity contribution in [3.05, 3.63) is 24.1 Å². The first-order valence-corrected chi connectivity index (χ1v) is 3.38. The minimum atomic E-state index is -0.471. The van der Waals surface area contributed by atoms with Gasteiger partial charge in [-0.15, -0.1) is 0 Å². The summed E-state index contributed by atoms with van der Waals surface area (Å²) < 4.78 is 17.4. The fraction of sp³-hybridized carbons (Fsp3) is 0.375. The molecule has 0 aliphatic rings. The smallest absolute Gasteiger partial charge is 0.214 e. The Morgan fingerprint density at radius 3 is 2.82 bits per heavy atom. The van der Waals surface area contributed by atoms with Crippen molar-refractivity contribution in [3.63, 3.8) is 0 Å². The maximum Gasteiger partial charge on any atom is 0.214 e. The van der Waals surface area contributed by atoms with Crippen LogP contribution in [0.25, 0.3) is 0 Å². The largest absolute Gasteiger partial charge is 0.475 e. The van der Waals surface area contributed by atoms with Gasteiger partial charge >= 0.3 is 0 Å². The first kappa shape index (κ1) is 7.98. The minimum absolute atomic E-state index is 0.0568. The van der Waals surface area contributed by atoms with Gasteiger partial charge in [0.05, 0.1) is 12.3 Å². The van der Waals surface area contributed by atoms with Gasteiger partial charge < -0.3 is 4.74 Å². The first-order valence-electron chi connectivity index (χ1n) is 3.38. The molecule has 0 aromatic carbocycles. The summed E-state index contributed by atoms with van der Waals surface area (Å²) in [5.41, 5.74) is 0. The summed E-state index contributed by atoms with van der Waals surface area (Å²) in [7, 11) is 0. The highest BCUT2D eigenvalue weighted by atomic mass is 19.1. The zero-order valence-corrected chi connectivity index (χ0v) is 6.47. The van der Waals surface area contributed by atoms with Crippen LogP contribution in [0, 0.1) is 11.9 Å². The van der Waals surface area contributed by atoms with Crippen LogP contribution in [0.1, 0.15) is 13.8 Å².